The van der Waals surface area contributed by atoms with Crippen molar-refractivity contribution < 1.29 is 15.3 Å². The van der Waals surface area contributed by atoms with Crippen LogP contribution < -0.4 is 0 Å². The summed E-state index contributed by atoms with van der Waals surface area (Å²) in [5.41, 5.74) is 3.23. The van der Waals surface area contributed by atoms with Gasteiger partial charge in [0.05, 0.1) is 0 Å². The van der Waals surface area contributed by atoms with Crippen molar-refractivity contribution >= 4 is 32.3 Å². The first kappa shape index (κ1) is 19.2. The number of benzene rings is 6. The van der Waals surface area contributed by atoms with Crippen LogP contribution in [0.15, 0.2) is 103 Å². The molecular weight excluding hydrogens is 408 g/mol. The lowest BCUT2D eigenvalue weighted by molar-refractivity contribution is 0.477. The molecule has 0 bridgehead atoms. The second-order valence-electron chi connectivity index (χ2n) is 8.22. The minimum absolute atomic E-state index is 0.140. The summed E-state index contributed by atoms with van der Waals surface area (Å²) >= 11 is 0. The highest BCUT2D eigenvalue weighted by Gasteiger charge is 2.18. The summed E-state index contributed by atoms with van der Waals surface area (Å²) in [4.78, 5) is 0. The minimum atomic E-state index is 0.140. The molecule has 3 nitrogen and oxygen atoms in total. The lowest BCUT2D eigenvalue weighted by Gasteiger charge is -2.17. The number of fused-ring (bicyclic) bond motifs is 3. The van der Waals surface area contributed by atoms with Gasteiger partial charge in [0.15, 0.2) is 0 Å². The van der Waals surface area contributed by atoms with Crippen molar-refractivity contribution in [3.63, 3.8) is 0 Å². The van der Waals surface area contributed by atoms with Crippen LogP contribution in [0.2, 0.25) is 0 Å². The fourth-order valence-corrected chi connectivity index (χ4v) is 4.92. The van der Waals surface area contributed by atoms with E-state index in [-0.39, 0.29) is 17.2 Å². The second-order valence-corrected chi connectivity index (χ2v) is 8.22. The molecule has 0 radical (unpaired) electrons. The van der Waals surface area contributed by atoms with Gasteiger partial charge in [-0.3, -0.25) is 0 Å². The zero-order valence-corrected chi connectivity index (χ0v) is 17.7. The lowest BCUT2D eigenvalue weighted by Crippen LogP contribution is -1.90. The Hall–Kier alpha value is -4.50. The summed E-state index contributed by atoms with van der Waals surface area (Å²) < 4.78 is 0. The van der Waals surface area contributed by atoms with Gasteiger partial charge in [0, 0.05) is 16.3 Å². The normalized spacial score (nSPS) is 11.4. The van der Waals surface area contributed by atoms with Gasteiger partial charge >= 0.3 is 0 Å². The van der Waals surface area contributed by atoms with Gasteiger partial charge in [-0.05, 0) is 56.4 Å². The molecule has 0 aliphatic heterocycles. The van der Waals surface area contributed by atoms with Gasteiger partial charge in [-0.2, -0.15) is 0 Å². The van der Waals surface area contributed by atoms with Crippen LogP contribution in [-0.4, -0.2) is 15.3 Å². The first-order chi connectivity index (χ1) is 16.1. The van der Waals surface area contributed by atoms with E-state index >= 15 is 0 Å². The van der Waals surface area contributed by atoms with Crippen LogP contribution in [0.5, 0.6) is 17.2 Å². The van der Waals surface area contributed by atoms with Crippen molar-refractivity contribution in [2.24, 2.45) is 0 Å². The maximum Gasteiger partial charge on any atom is 0.124 e. The smallest absolute Gasteiger partial charge is 0.124 e. The Kier molecular flexibility index (Phi) is 4.24. The van der Waals surface area contributed by atoms with Gasteiger partial charge in [0.2, 0.25) is 0 Å². The number of hydrogen-bond donors (Lipinski definition) is 3. The fourth-order valence-electron chi connectivity index (χ4n) is 4.92. The fraction of sp³-hybridized carbons (Fsp3) is 0. The monoisotopic (exact) mass is 428 g/mol. The van der Waals surface area contributed by atoms with Crippen LogP contribution >= 0.6 is 0 Å². The molecule has 3 heteroatoms. The van der Waals surface area contributed by atoms with Crippen LogP contribution in [0.1, 0.15) is 0 Å². The average Bonchev–Trinajstić information content (AvgIpc) is 2.84. The highest BCUT2D eigenvalue weighted by Crippen LogP contribution is 2.46. The molecule has 0 amide bonds. The van der Waals surface area contributed by atoms with Crippen molar-refractivity contribution in [3.8, 4) is 39.5 Å². The van der Waals surface area contributed by atoms with Crippen LogP contribution in [0.4, 0.5) is 0 Å². The lowest BCUT2D eigenvalue weighted by atomic mass is 9.88. The van der Waals surface area contributed by atoms with Gasteiger partial charge in [-0.25, -0.2) is 0 Å². The number of hydrogen-bond acceptors (Lipinski definition) is 3. The SMILES string of the molecule is Oc1ccc2ccccc2c1-c1ccc(-c2cccc3cccc(O)c23)c2cccc(O)c12. The van der Waals surface area contributed by atoms with E-state index in [9.17, 15) is 15.3 Å². The van der Waals surface area contributed by atoms with Crippen molar-refractivity contribution in [1.29, 1.82) is 0 Å². The highest BCUT2D eigenvalue weighted by atomic mass is 16.3. The molecule has 0 aliphatic carbocycles. The number of aromatic hydroxyl groups is 3. The number of rotatable bonds is 2. The molecular formula is C30H20O3. The van der Waals surface area contributed by atoms with Crippen molar-refractivity contribution in [2.45, 2.75) is 0 Å². The van der Waals surface area contributed by atoms with Crippen molar-refractivity contribution in [3.05, 3.63) is 103 Å². The van der Waals surface area contributed by atoms with E-state index in [1.807, 2.05) is 84.9 Å². The molecule has 0 saturated heterocycles. The first-order valence-corrected chi connectivity index (χ1v) is 10.8. The topological polar surface area (TPSA) is 60.7 Å². The molecule has 3 N–H and O–H groups in total. The third-order valence-corrected chi connectivity index (χ3v) is 6.37. The zero-order valence-electron chi connectivity index (χ0n) is 17.7. The molecule has 0 atom stereocenters. The Morgan fingerprint density at radius 3 is 1.85 bits per heavy atom. The van der Waals surface area contributed by atoms with E-state index in [0.717, 1.165) is 43.6 Å². The van der Waals surface area contributed by atoms with Gasteiger partial charge in [-0.1, -0.05) is 84.9 Å². The third kappa shape index (κ3) is 2.90. The Bertz CT molecular complexity index is 1690. The molecule has 0 heterocycles. The largest absolute Gasteiger partial charge is 0.507 e. The maximum absolute atomic E-state index is 11.0. The molecule has 0 saturated carbocycles. The zero-order chi connectivity index (χ0) is 22.5. The molecule has 6 aromatic rings. The molecule has 0 unspecified atom stereocenters. The van der Waals surface area contributed by atoms with Crippen LogP contribution in [0.25, 0.3) is 54.6 Å². The Morgan fingerprint density at radius 1 is 0.364 bits per heavy atom. The van der Waals surface area contributed by atoms with Gasteiger partial charge < -0.3 is 15.3 Å². The number of phenols is 3. The Labute approximate surface area is 190 Å². The highest BCUT2D eigenvalue weighted by molar-refractivity contribution is 6.15. The van der Waals surface area contributed by atoms with Crippen LogP contribution in [0, 0.1) is 0 Å². The summed E-state index contributed by atoms with van der Waals surface area (Å²) in [7, 11) is 0. The summed E-state index contributed by atoms with van der Waals surface area (Å²) in [5.74, 6) is 0.516. The first-order valence-electron chi connectivity index (χ1n) is 10.8. The Balaban J connectivity index is 1.74. The Morgan fingerprint density at radius 2 is 1.00 bits per heavy atom. The van der Waals surface area contributed by atoms with E-state index < -0.39 is 0 Å². The van der Waals surface area contributed by atoms with Gasteiger partial charge in [0.25, 0.3) is 0 Å². The summed E-state index contributed by atoms with van der Waals surface area (Å²) in [6.45, 7) is 0. The molecule has 33 heavy (non-hydrogen) atoms. The average molecular weight is 428 g/mol. The minimum Gasteiger partial charge on any atom is -0.507 e. The van der Waals surface area contributed by atoms with E-state index in [2.05, 4.69) is 0 Å². The van der Waals surface area contributed by atoms with E-state index in [1.165, 1.54) is 0 Å². The van der Waals surface area contributed by atoms with Gasteiger partial charge in [-0.15, -0.1) is 0 Å². The van der Waals surface area contributed by atoms with Gasteiger partial charge in [0.1, 0.15) is 17.2 Å². The van der Waals surface area contributed by atoms with E-state index in [4.69, 9.17) is 0 Å². The van der Waals surface area contributed by atoms with E-state index in [1.54, 1.807) is 18.2 Å². The molecule has 0 aromatic heterocycles. The summed E-state index contributed by atoms with van der Waals surface area (Å²) in [6, 6.07) is 32.3. The molecule has 6 rings (SSSR count). The standard InChI is InChI=1S/C30H20O3/c31-25-12-4-8-19-7-3-10-22(28(19)25)21-15-16-24(30-23(21)11-5-13-26(30)32)29-20-9-2-1-6-18(20)14-17-27(29)33/h1-17,31-33H. The van der Waals surface area contributed by atoms with Crippen molar-refractivity contribution in [1.82, 2.24) is 0 Å². The molecule has 6 aromatic carbocycles. The maximum atomic E-state index is 11.0. The predicted octanol–water partition coefficient (Wildman–Crippen LogP) is 7.60. The van der Waals surface area contributed by atoms with E-state index in [0.29, 0.717) is 10.9 Å². The summed E-state index contributed by atoms with van der Waals surface area (Å²) in [5, 5.41) is 37.6. The molecule has 0 fully saturated rings. The second kappa shape index (κ2) is 7.28. The van der Waals surface area contributed by atoms with Crippen LogP contribution in [-0.2, 0) is 0 Å². The quantitative estimate of drug-likeness (QED) is 0.266. The van der Waals surface area contributed by atoms with Crippen molar-refractivity contribution in [2.75, 3.05) is 0 Å². The third-order valence-electron chi connectivity index (χ3n) is 6.37. The summed E-state index contributed by atoms with van der Waals surface area (Å²) in [6.07, 6.45) is 0. The predicted molar refractivity (Wildman–Crippen MR) is 135 cm³/mol. The van der Waals surface area contributed by atoms with Crippen LogP contribution in [0.3, 0.4) is 0 Å². The molecule has 0 aliphatic rings. The molecule has 158 valence electrons. The number of phenolic OH excluding ortho intramolecular Hbond substituents is 3. The molecule has 0 spiro atoms.